The van der Waals surface area contributed by atoms with Crippen LogP contribution in [0.1, 0.15) is 12.8 Å². The average Bonchev–Trinajstić information content (AvgIpc) is 2.13. The maximum atomic E-state index is 5.46. The second-order valence-electron chi connectivity index (χ2n) is 2.30. The van der Waals surface area contributed by atoms with Crippen molar-refractivity contribution in [2.75, 3.05) is 0 Å². The Balaban J connectivity index is 2.30. The molecule has 1 aliphatic rings. The van der Waals surface area contributed by atoms with E-state index in [-0.39, 0.29) is 5.66 Å². The van der Waals surface area contributed by atoms with Crippen LogP contribution in [0, 0.1) is 12.8 Å². The van der Waals surface area contributed by atoms with E-state index in [0.29, 0.717) is 5.92 Å². The van der Waals surface area contributed by atoms with E-state index in [4.69, 9.17) is 11.5 Å². The van der Waals surface area contributed by atoms with Crippen molar-refractivity contribution in [3.05, 3.63) is 6.92 Å². The summed E-state index contributed by atoms with van der Waals surface area (Å²) in [6, 6.07) is 0. The number of hydrogen-bond acceptors (Lipinski definition) is 2. The zero-order valence-electron chi connectivity index (χ0n) is 4.35. The molecule has 1 aliphatic carbocycles. The van der Waals surface area contributed by atoms with Gasteiger partial charge < -0.3 is 11.5 Å². The van der Waals surface area contributed by atoms with Crippen molar-refractivity contribution < 1.29 is 0 Å². The van der Waals surface area contributed by atoms with Crippen molar-refractivity contribution in [3.63, 3.8) is 0 Å². The molecule has 7 heavy (non-hydrogen) atoms. The molecule has 1 unspecified atom stereocenters. The maximum absolute atomic E-state index is 5.46. The molecule has 0 aromatic carbocycles. The van der Waals surface area contributed by atoms with E-state index in [1.165, 1.54) is 0 Å². The Morgan fingerprint density at radius 2 is 2.14 bits per heavy atom. The van der Waals surface area contributed by atoms with E-state index in [0.717, 1.165) is 12.8 Å². The summed E-state index contributed by atoms with van der Waals surface area (Å²) in [6.07, 6.45) is 1.84. The van der Waals surface area contributed by atoms with Crippen molar-refractivity contribution in [3.8, 4) is 0 Å². The quantitative estimate of drug-likeness (QED) is 0.449. The standard InChI is InChI=1S/C5H11N2/c1-2-4-3-5(4,6)7/h4H,1-3,6-7H2. The lowest BCUT2D eigenvalue weighted by Gasteiger charge is -1.97. The molecule has 0 aromatic rings. The van der Waals surface area contributed by atoms with Crippen LogP contribution in [0.4, 0.5) is 0 Å². The van der Waals surface area contributed by atoms with Crippen molar-refractivity contribution >= 4 is 0 Å². The highest BCUT2D eigenvalue weighted by molar-refractivity contribution is 5.02. The zero-order valence-corrected chi connectivity index (χ0v) is 4.35. The van der Waals surface area contributed by atoms with Crippen molar-refractivity contribution in [1.29, 1.82) is 0 Å². The van der Waals surface area contributed by atoms with Crippen LogP contribution in [-0.2, 0) is 0 Å². The summed E-state index contributed by atoms with van der Waals surface area (Å²) in [4.78, 5) is 0. The molecule has 1 atom stereocenters. The lowest BCUT2D eigenvalue weighted by atomic mass is 10.3. The summed E-state index contributed by atoms with van der Waals surface area (Å²) in [5.41, 5.74) is 10.6. The van der Waals surface area contributed by atoms with Gasteiger partial charge in [-0.05, 0) is 18.8 Å². The van der Waals surface area contributed by atoms with Gasteiger partial charge in [0.1, 0.15) is 0 Å². The Hall–Kier alpha value is -0.0800. The summed E-state index contributed by atoms with van der Waals surface area (Å²) in [5, 5.41) is 0. The first-order valence-electron chi connectivity index (χ1n) is 2.54. The minimum Gasteiger partial charge on any atom is -0.313 e. The first-order chi connectivity index (χ1) is 3.17. The molecular weight excluding hydrogens is 88.1 g/mol. The van der Waals surface area contributed by atoms with Crippen LogP contribution in [0.2, 0.25) is 0 Å². The van der Waals surface area contributed by atoms with Gasteiger partial charge in [0.05, 0.1) is 5.66 Å². The number of rotatable bonds is 1. The van der Waals surface area contributed by atoms with E-state index >= 15 is 0 Å². The topological polar surface area (TPSA) is 52.0 Å². The molecule has 1 radical (unpaired) electrons. The first kappa shape index (κ1) is 5.06. The second-order valence-corrected chi connectivity index (χ2v) is 2.30. The Bertz CT molecular complexity index is 78.1. The zero-order chi connectivity index (χ0) is 5.49. The molecule has 0 saturated heterocycles. The maximum Gasteiger partial charge on any atom is 0.0670 e. The lowest BCUT2D eigenvalue weighted by Crippen LogP contribution is -2.35. The minimum atomic E-state index is -0.345. The predicted octanol–water partition coefficient (Wildman–Crippen LogP) is -0.156. The fraction of sp³-hybridized carbons (Fsp3) is 0.800. The van der Waals surface area contributed by atoms with E-state index in [2.05, 4.69) is 6.92 Å². The summed E-state index contributed by atoms with van der Waals surface area (Å²) in [5.74, 6) is 0.493. The monoisotopic (exact) mass is 99.1 g/mol. The molecule has 0 spiro atoms. The summed E-state index contributed by atoms with van der Waals surface area (Å²) in [6.45, 7) is 3.68. The van der Waals surface area contributed by atoms with Crippen molar-refractivity contribution in [1.82, 2.24) is 0 Å². The second kappa shape index (κ2) is 1.20. The van der Waals surface area contributed by atoms with Gasteiger partial charge in [0.2, 0.25) is 0 Å². The van der Waals surface area contributed by atoms with Crippen molar-refractivity contribution in [2.24, 2.45) is 17.4 Å². The molecule has 4 N–H and O–H groups in total. The minimum absolute atomic E-state index is 0.345. The molecule has 0 aliphatic heterocycles. The Morgan fingerprint density at radius 3 is 2.14 bits per heavy atom. The molecule has 41 valence electrons. The van der Waals surface area contributed by atoms with Gasteiger partial charge >= 0.3 is 0 Å². The number of hydrogen-bond donors (Lipinski definition) is 2. The van der Waals surface area contributed by atoms with Gasteiger partial charge in [-0.25, -0.2) is 0 Å². The van der Waals surface area contributed by atoms with E-state index in [1.807, 2.05) is 0 Å². The van der Waals surface area contributed by atoms with Gasteiger partial charge in [-0.1, -0.05) is 6.92 Å². The fourth-order valence-electron chi connectivity index (χ4n) is 0.739. The van der Waals surface area contributed by atoms with Gasteiger partial charge in [-0.2, -0.15) is 0 Å². The molecule has 0 aromatic heterocycles. The third-order valence-electron chi connectivity index (χ3n) is 1.55. The van der Waals surface area contributed by atoms with Crippen LogP contribution in [-0.4, -0.2) is 5.66 Å². The highest BCUT2D eigenvalue weighted by Crippen LogP contribution is 2.37. The Labute approximate surface area is 43.9 Å². The molecular formula is C5H11N2. The highest BCUT2D eigenvalue weighted by Gasteiger charge is 2.45. The average molecular weight is 99.2 g/mol. The van der Waals surface area contributed by atoms with Gasteiger partial charge in [0.25, 0.3) is 0 Å². The normalized spacial score (nSPS) is 35.6. The Kier molecular flexibility index (Phi) is 0.869. The molecule has 1 saturated carbocycles. The molecule has 0 heterocycles. The van der Waals surface area contributed by atoms with Crippen molar-refractivity contribution in [2.45, 2.75) is 18.5 Å². The highest BCUT2D eigenvalue weighted by atomic mass is 15.0. The SMILES string of the molecule is [CH2]CC1CC1(N)N. The predicted molar refractivity (Wildman–Crippen MR) is 29.2 cm³/mol. The third kappa shape index (κ3) is 0.763. The fourth-order valence-corrected chi connectivity index (χ4v) is 0.739. The third-order valence-corrected chi connectivity index (χ3v) is 1.55. The van der Waals surface area contributed by atoms with Crippen LogP contribution in [0.5, 0.6) is 0 Å². The van der Waals surface area contributed by atoms with Crippen LogP contribution >= 0.6 is 0 Å². The molecule has 2 nitrogen and oxygen atoms in total. The molecule has 0 amide bonds. The van der Waals surface area contributed by atoms with E-state index < -0.39 is 0 Å². The summed E-state index contributed by atoms with van der Waals surface area (Å²) < 4.78 is 0. The largest absolute Gasteiger partial charge is 0.313 e. The Morgan fingerprint density at radius 1 is 1.71 bits per heavy atom. The molecule has 1 fully saturated rings. The van der Waals surface area contributed by atoms with Crippen LogP contribution in [0.25, 0.3) is 0 Å². The van der Waals surface area contributed by atoms with Gasteiger partial charge in [-0.3, -0.25) is 0 Å². The summed E-state index contributed by atoms with van der Waals surface area (Å²) >= 11 is 0. The molecule has 0 bridgehead atoms. The first-order valence-corrected chi connectivity index (χ1v) is 2.54. The molecule has 2 heteroatoms. The van der Waals surface area contributed by atoms with E-state index in [9.17, 15) is 0 Å². The van der Waals surface area contributed by atoms with Crippen LogP contribution in [0.15, 0.2) is 0 Å². The lowest BCUT2D eigenvalue weighted by molar-refractivity contribution is 0.623. The smallest absolute Gasteiger partial charge is 0.0670 e. The summed E-state index contributed by atoms with van der Waals surface area (Å²) in [7, 11) is 0. The molecule has 1 rings (SSSR count). The van der Waals surface area contributed by atoms with Gasteiger partial charge in [0, 0.05) is 0 Å². The van der Waals surface area contributed by atoms with Gasteiger partial charge in [-0.15, -0.1) is 0 Å². The van der Waals surface area contributed by atoms with Gasteiger partial charge in [0.15, 0.2) is 0 Å². The number of nitrogens with two attached hydrogens (primary N) is 2. The van der Waals surface area contributed by atoms with Crippen LogP contribution < -0.4 is 11.5 Å². The van der Waals surface area contributed by atoms with Crippen LogP contribution in [0.3, 0.4) is 0 Å². The van der Waals surface area contributed by atoms with E-state index in [1.54, 1.807) is 0 Å².